The van der Waals surface area contributed by atoms with Crippen molar-refractivity contribution in [2.75, 3.05) is 30.7 Å². The molecule has 110 valence electrons. The zero-order valence-corrected chi connectivity index (χ0v) is 12.3. The predicted octanol–water partition coefficient (Wildman–Crippen LogP) is 0.964. The van der Waals surface area contributed by atoms with Gasteiger partial charge in [-0.1, -0.05) is 0 Å². The van der Waals surface area contributed by atoms with Gasteiger partial charge in [0.1, 0.15) is 10.8 Å². The number of aromatic nitrogens is 1. The van der Waals surface area contributed by atoms with E-state index in [9.17, 15) is 4.79 Å². The van der Waals surface area contributed by atoms with Crippen LogP contribution in [0.2, 0.25) is 0 Å². The first-order chi connectivity index (χ1) is 9.63. The van der Waals surface area contributed by atoms with Gasteiger partial charge in [-0.05, 0) is 43.1 Å². The fourth-order valence-electron chi connectivity index (χ4n) is 2.82. The lowest BCUT2D eigenvalue weighted by atomic mass is 10.0. The van der Waals surface area contributed by atoms with Crippen molar-refractivity contribution < 1.29 is 4.79 Å². The van der Waals surface area contributed by atoms with Crippen LogP contribution in [0.25, 0.3) is 0 Å². The fraction of sp³-hybridized carbons (Fsp3) is 0.692. The number of nitrogen functional groups attached to an aromatic ring is 1. The number of nitrogens with one attached hydrogen (secondary N) is 1. The Hall–Kier alpha value is -1.34. The lowest BCUT2D eigenvalue weighted by Crippen LogP contribution is -2.42. The van der Waals surface area contributed by atoms with Crippen LogP contribution < -0.4 is 16.8 Å². The molecule has 2 fully saturated rings. The summed E-state index contributed by atoms with van der Waals surface area (Å²) >= 11 is 1.48. The average Bonchev–Trinajstić information content (AvgIpc) is 3.17. The van der Waals surface area contributed by atoms with Crippen LogP contribution in [-0.2, 0) is 4.79 Å². The van der Waals surface area contributed by atoms with Gasteiger partial charge in [-0.3, -0.25) is 9.69 Å². The lowest BCUT2D eigenvalue weighted by Gasteiger charge is -2.31. The number of carbonyl (C=O) groups is 1. The van der Waals surface area contributed by atoms with Crippen molar-refractivity contribution in [3.05, 3.63) is 5.56 Å². The Balaban J connectivity index is 1.56. The minimum Gasteiger partial charge on any atom is -0.383 e. The first-order valence-electron chi connectivity index (χ1n) is 7.15. The Labute approximate surface area is 122 Å². The summed E-state index contributed by atoms with van der Waals surface area (Å²) in [6.45, 7) is 2.19. The van der Waals surface area contributed by atoms with E-state index in [4.69, 9.17) is 11.5 Å². The van der Waals surface area contributed by atoms with E-state index in [1.165, 1.54) is 29.9 Å². The third-order valence-electron chi connectivity index (χ3n) is 4.04. The maximum atomic E-state index is 10.9. The number of primary amides is 1. The fourth-order valence-corrected chi connectivity index (χ4v) is 3.70. The van der Waals surface area contributed by atoms with Gasteiger partial charge in [-0.15, -0.1) is 0 Å². The van der Waals surface area contributed by atoms with E-state index in [1.54, 1.807) is 0 Å². The normalized spacial score (nSPS) is 21.0. The largest absolute Gasteiger partial charge is 0.383 e. The number of rotatable bonds is 5. The Morgan fingerprint density at radius 2 is 2.05 bits per heavy atom. The molecule has 1 aliphatic heterocycles. The highest BCUT2D eigenvalue weighted by molar-refractivity contribution is 7.10. The molecule has 1 saturated carbocycles. The van der Waals surface area contributed by atoms with Gasteiger partial charge in [0.05, 0.1) is 6.54 Å². The van der Waals surface area contributed by atoms with Gasteiger partial charge in [-0.25, -0.2) is 0 Å². The number of piperidine rings is 1. The lowest BCUT2D eigenvalue weighted by molar-refractivity contribution is -0.119. The third kappa shape index (κ3) is 3.04. The molecular formula is C13H21N5OS. The second-order valence-electron chi connectivity index (χ2n) is 5.75. The molecule has 20 heavy (non-hydrogen) atoms. The summed E-state index contributed by atoms with van der Waals surface area (Å²) in [5.41, 5.74) is 12.4. The van der Waals surface area contributed by atoms with E-state index >= 15 is 0 Å². The van der Waals surface area contributed by atoms with E-state index < -0.39 is 0 Å². The second kappa shape index (κ2) is 5.57. The molecule has 0 aromatic carbocycles. The van der Waals surface area contributed by atoms with Crippen LogP contribution >= 0.6 is 11.5 Å². The molecule has 0 spiro atoms. The Kier molecular flexibility index (Phi) is 3.80. The molecule has 1 amide bonds. The Morgan fingerprint density at radius 3 is 2.65 bits per heavy atom. The molecule has 0 radical (unpaired) electrons. The first-order valence-corrected chi connectivity index (χ1v) is 7.93. The topological polar surface area (TPSA) is 97.3 Å². The third-order valence-corrected chi connectivity index (χ3v) is 4.85. The molecule has 5 N–H and O–H groups in total. The van der Waals surface area contributed by atoms with E-state index in [2.05, 4.69) is 14.6 Å². The Bertz CT molecular complexity index is 491. The van der Waals surface area contributed by atoms with Crippen LogP contribution in [0.15, 0.2) is 0 Å². The summed E-state index contributed by atoms with van der Waals surface area (Å²) in [6, 6.07) is 0.441. The number of nitrogens with two attached hydrogens (primary N) is 2. The molecule has 0 bridgehead atoms. The number of hydrogen-bond acceptors (Lipinski definition) is 6. The highest BCUT2D eigenvalue weighted by atomic mass is 32.1. The summed E-state index contributed by atoms with van der Waals surface area (Å²) in [7, 11) is 0. The van der Waals surface area contributed by atoms with Crippen LogP contribution in [0.3, 0.4) is 0 Å². The number of nitrogens with zero attached hydrogens (tertiary/aromatic N) is 2. The molecular weight excluding hydrogens is 274 g/mol. The first kappa shape index (κ1) is 13.6. The SMILES string of the molecule is NC(=O)CN1CCC(Nc2snc(N)c2C2CC2)CC1. The Morgan fingerprint density at radius 1 is 1.35 bits per heavy atom. The molecule has 2 aliphatic rings. The van der Waals surface area contributed by atoms with E-state index in [0.717, 1.165) is 30.9 Å². The van der Waals surface area contributed by atoms with Crippen molar-refractivity contribution in [2.24, 2.45) is 5.73 Å². The summed E-state index contributed by atoms with van der Waals surface area (Å²) in [5, 5.41) is 4.75. The minimum absolute atomic E-state index is 0.248. The van der Waals surface area contributed by atoms with E-state index in [0.29, 0.717) is 24.3 Å². The van der Waals surface area contributed by atoms with E-state index in [1.807, 2.05) is 0 Å². The monoisotopic (exact) mass is 295 g/mol. The van der Waals surface area contributed by atoms with Crippen LogP contribution in [-0.4, -0.2) is 40.9 Å². The smallest absolute Gasteiger partial charge is 0.231 e. The van der Waals surface area contributed by atoms with Gasteiger partial charge < -0.3 is 16.8 Å². The summed E-state index contributed by atoms with van der Waals surface area (Å²) in [4.78, 5) is 13.0. The summed E-state index contributed by atoms with van der Waals surface area (Å²) < 4.78 is 4.28. The van der Waals surface area contributed by atoms with Crippen molar-refractivity contribution >= 4 is 28.3 Å². The van der Waals surface area contributed by atoms with Crippen molar-refractivity contribution in [2.45, 2.75) is 37.6 Å². The zero-order valence-electron chi connectivity index (χ0n) is 11.5. The van der Waals surface area contributed by atoms with Gasteiger partial charge in [0, 0.05) is 24.7 Å². The van der Waals surface area contributed by atoms with Crippen LogP contribution in [0.1, 0.15) is 37.2 Å². The van der Waals surface area contributed by atoms with Crippen LogP contribution in [0.4, 0.5) is 10.8 Å². The number of likely N-dealkylation sites (tertiary alicyclic amines) is 1. The van der Waals surface area contributed by atoms with Gasteiger partial charge in [0.2, 0.25) is 5.91 Å². The van der Waals surface area contributed by atoms with Crippen LogP contribution in [0, 0.1) is 0 Å². The van der Waals surface area contributed by atoms with Gasteiger partial charge in [0.25, 0.3) is 0 Å². The molecule has 2 heterocycles. The molecule has 1 aliphatic carbocycles. The molecule has 0 unspecified atom stereocenters. The van der Waals surface area contributed by atoms with Gasteiger partial charge >= 0.3 is 0 Å². The molecule has 1 saturated heterocycles. The molecule has 7 heteroatoms. The number of carbonyl (C=O) groups excluding carboxylic acids is 1. The molecule has 0 atom stereocenters. The van der Waals surface area contributed by atoms with Crippen LogP contribution in [0.5, 0.6) is 0 Å². The zero-order chi connectivity index (χ0) is 14.1. The van der Waals surface area contributed by atoms with Gasteiger partial charge in [-0.2, -0.15) is 4.37 Å². The number of amides is 1. The summed E-state index contributed by atoms with van der Waals surface area (Å²) in [6.07, 6.45) is 4.51. The molecule has 1 aromatic heterocycles. The number of hydrogen-bond donors (Lipinski definition) is 3. The minimum atomic E-state index is -0.248. The summed E-state index contributed by atoms with van der Waals surface area (Å²) in [5.74, 6) is 1.07. The van der Waals surface area contributed by atoms with Crippen molar-refractivity contribution in [1.29, 1.82) is 0 Å². The standard InChI is InChI=1S/C13H21N5OS/c14-10(19)7-18-5-3-9(4-6-18)16-13-11(8-1-2-8)12(15)17-20-13/h8-9,16H,1-7H2,(H2,14,19)(H2,15,17). The number of anilines is 2. The van der Waals surface area contributed by atoms with Crippen molar-refractivity contribution in [3.63, 3.8) is 0 Å². The average molecular weight is 295 g/mol. The molecule has 6 nitrogen and oxygen atoms in total. The van der Waals surface area contributed by atoms with Crippen molar-refractivity contribution in [1.82, 2.24) is 9.27 Å². The highest BCUT2D eigenvalue weighted by Crippen LogP contribution is 2.47. The quantitative estimate of drug-likeness (QED) is 0.752. The van der Waals surface area contributed by atoms with Crippen molar-refractivity contribution in [3.8, 4) is 0 Å². The maximum absolute atomic E-state index is 10.9. The molecule has 1 aromatic rings. The maximum Gasteiger partial charge on any atom is 0.231 e. The van der Waals surface area contributed by atoms with Gasteiger partial charge in [0.15, 0.2) is 0 Å². The second-order valence-corrected chi connectivity index (χ2v) is 6.52. The van der Waals surface area contributed by atoms with E-state index in [-0.39, 0.29) is 5.91 Å². The highest BCUT2D eigenvalue weighted by Gasteiger charge is 2.31. The molecule has 3 rings (SSSR count). The predicted molar refractivity (Wildman–Crippen MR) is 80.8 cm³/mol.